The summed E-state index contributed by atoms with van der Waals surface area (Å²) in [6.45, 7) is 3.93. The van der Waals surface area contributed by atoms with Crippen LogP contribution < -0.4 is 11.0 Å². The van der Waals surface area contributed by atoms with Gasteiger partial charge in [-0.05, 0) is 58.7 Å². The molecule has 0 radical (unpaired) electrons. The summed E-state index contributed by atoms with van der Waals surface area (Å²) in [6, 6.07) is 8.47. The van der Waals surface area contributed by atoms with Crippen LogP contribution in [0.3, 0.4) is 0 Å². The molecule has 2 aliphatic rings. The van der Waals surface area contributed by atoms with Crippen molar-refractivity contribution in [2.24, 2.45) is 0 Å². The number of piperidine rings is 1. The molecule has 1 unspecified atom stereocenters. The van der Waals surface area contributed by atoms with Crippen LogP contribution in [0.25, 0.3) is 11.0 Å². The average Bonchev–Trinajstić information content (AvgIpc) is 2.95. The highest BCUT2D eigenvalue weighted by Gasteiger charge is 2.39. The van der Waals surface area contributed by atoms with Gasteiger partial charge in [0.2, 0.25) is 0 Å². The van der Waals surface area contributed by atoms with E-state index in [0.29, 0.717) is 17.6 Å². The number of carbonyl (C=O) groups is 1. The normalized spacial score (nSPS) is 24.5. The molecular weight excluding hydrogens is 368 g/mol. The zero-order chi connectivity index (χ0) is 17.7. The third-order valence-corrected chi connectivity index (χ3v) is 5.92. The van der Waals surface area contributed by atoms with Gasteiger partial charge >= 0.3 is 11.7 Å². The number of halogens is 1. The van der Waals surface area contributed by atoms with Crippen molar-refractivity contribution in [3.63, 3.8) is 0 Å². The van der Waals surface area contributed by atoms with Crippen LogP contribution in [-0.2, 0) is 0 Å². The average molecular weight is 397 g/mol. The highest BCUT2D eigenvalue weighted by Crippen LogP contribution is 2.34. The third kappa shape index (κ3) is 3.51. The molecule has 3 heterocycles. The zero-order valence-electron chi connectivity index (χ0n) is 16.0. The number of rotatable bonds is 2. The number of hydrogen-bond donors (Lipinski definition) is 1. The quantitative estimate of drug-likeness (QED) is 0.843. The number of carbonyl (C=O) groups excluding carboxylic acids is 1. The molecule has 7 nitrogen and oxygen atoms in total. The zero-order valence-corrected chi connectivity index (χ0v) is 16.8. The van der Waals surface area contributed by atoms with E-state index < -0.39 is 0 Å². The van der Waals surface area contributed by atoms with Crippen molar-refractivity contribution in [2.75, 3.05) is 7.05 Å². The van der Waals surface area contributed by atoms with E-state index in [9.17, 15) is 9.59 Å². The number of nitrogens with zero attached hydrogens (tertiary/aromatic N) is 3. The molecule has 2 bridgehead atoms. The molecule has 1 aromatic carbocycles. The number of imidazole rings is 1. The van der Waals surface area contributed by atoms with Gasteiger partial charge in [-0.15, -0.1) is 12.4 Å². The van der Waals surface area contributed by atoms with E-state index in [1.807, 2.05) is 38.1 Å². The molecule has 150 valence electrons. The van der Waals surface area contributed by atoms with Gasteiger partial charge in [-0.25, -0.2) is 14.2 Å². The molecule has 0 aliphatic carbocycles. The summed E-state index contributed by atoms with van der Waals surface area (Å²) < 4.78 is 2.99. The number of aromatic nitrogens is 2. The number of para-hydroxylation sites is 2. The lowest BCUT2D eigenvalue weighted by molar-refractivity contribution is 0.149. The summed E-state index contributed by atoms with van der Waals surface area (Å²) in [4.78, 5) is 28.2. The van der Waals surface area contributed by atoms with Crippen molar-refractivity contribution in [3.05, 3.63) is 34.7 Å². The number of fused-ring (bicyclic) bond motifs is 3. The van der Waals surface area contributed by atoms with Gasteiger partial charge in [0.15, 0.2) is 0 Å². The Balaban J connectivity index is 0.00000131. The van der Waals surface area contributed by atoms with Crippen molar-refractivity contribution in [1.82, 2.24) is 19.4 Å². The third-order valence-electron chi connectivity index (χ3n) is 5.92. The van der Waals surface area contributed by atoms with Crippen molar-refractivity contribution in [2.45, 2.75) is 63.7 Å². The van der Waals surface area contributed by atoms with Crippen molar-refractivity contribution in [3.8, 4) is 0 Å². The van der Waals surface area contributed by atoms with Crippen LogP contribution in [0.2, 0.25) is 0 Å². The molecule has 27 heavy (non-hydrogen) atoms. The summed E-state index contributed by atoms with van der Waals surface area (Å²) in [5.41, 5.74) is 1.22. The van der Waals surface area contributed by atoms with Gasteiger partial charge < -0.3 is 15.7 Å². The highest BCUT2D eigenvalue weighted by atomic mass is 35.5. The molecule has 2 fully saturated rings. The fourth-order valence-electron chi connectivity index (χ4n) is 4.63. The largest absolute Gasteiger partial charge is 0.412 e. The van der Waals surface area contributed by atoms with Crippen molar-refractivity contribution < 1.29 is 10.3 Å². The summed E-state index contributed by atoms with van der Waals surface area (Å²) >= 11 is 0. The first-order valence-corrected chi connectivity index (χ1v) is 9.22. The number of hydrogen-bond acceptors (Lipinski definition) is 3. The lowest BCUT2D eigenvalue weighted by Gasteiger charge is -2.36. The first-order valence-electron chi connectivity index (χ1n) is 9.22. The topological polar surface area (TPSA) is 90.8 Å². The minimum Gasteiger partial charge on any atom is -0.412 e. The smallest absolute Gasteiger partial charge is 0.337 e. The maximum absolute atomic E-state index is 12.9. The monoisotopic (exact) mass is 396 g/mol. The molecular formula is C19H29ClN4O3. The van der Waals surface area contributed by atoms with E-state index in [2.05, 4.69) is 17.3 Å². The summed E-state index contributed by atoms with van der Waals surface area (Å²) in [7, 11) is 2.18. The molecule has 1 amide bonds. The van der Waals surface area contributed by atoms with Gasteiger partial charge in [0.1, 0.15) is 0 Å². The predicted molar refractivity (Wildman–Crippen MR) is 109 cm³/mol. The first kappa shape index (κ1) is 21.5. The number of benzene rings is 1. The second-order valence-corrected chi connectivity index (χ2v) is 7.74. The Labute approximate surface area is 165 Å². The maximum Gasteiger partial charge on any atom is 0.337 e. The lowest BCUT2D eigenvalue weighted by Crippen LogP contribution is -2.50. The summed E-state index contributed by atoms with van der Waals surface area (Å²) in [5.74, 6) is 0. The van der Waals surface area contributed by atoms with E-state index in [0.717, 1.165) is 18.4 Å². The molecule has 8 heteroatoms. The molecule has 3 N–H and O–H groups in total. The fourth-order valence-corrected chi connectivity index (χ4v) is 4.63. The SMILES string of the molecule is CC(C)n1c(=O)n(C(=O)NC2C[C@H]3CC[C@@H](C2)N3C)c2ccccc21.Cl.O. The van der Waals surface area contributed by atoms with E-state index in [4.69, 9.17) is 0 Å². The Morgan fingerprint density at radius 2 is 1.67 bits per heavy atom. The second-order valence-electron chi connectivity index (χ2n) is 7.74. The standard InChI is InChI=1S/C19H26N4O2.ClH.H2O/c1-12(2)22-16-6-4-5-7-17(16)23(19(22)25)18(24)20-13-10-14-8-9-15(11-13)21(14)3;;/h4-7,12-15H,8-11H2,1-3H3,(H,20,24);1H;1H2/t13?,14-,15+;;. The van der Waals surface area contributed by atoms with E-state index in [-0.39, 0.29) is 41.7 Å². The Bertz CT molecular complexity index is 861. The molecule has 1 aromatic heterocycles. The van der Waals surface area contributed by atoms with Gasteiger partial charge in [0, 0.05) is 24.2 Å². The van der Waals surface area contributed by atoms with Crippen LogP contribution >= 0.6 is 12.4 Å². The molecule has 0 saturated carbocycles. The molecule has 2 aromatic rings. The van der Waals surface area contributed by atoms with Crippen molar-refractivity contribution in [1.29, 1.82) is 0 Å². The summed E-state index contributed by atoms with van der Waals surface area (Å²) in [5, 5.41) is 3.13. The minimum absolute atomic E-state index is 0. The maximum atomic E-state index is 12.9. The number of amides is 1. The molecule has 2 saturated heterocycles. The van der Waals surface area contributed by atoms with Crippen LogP contribution in [0.4, 0.5) is 4.79 Å². The van der Waals surface area contributed by atoms with Gasteiger partial charge in [-0.2, -0.15) is 0 Å². The van der Waals surface area contributed by atoms with Crippen LogP contribution in [0.1, 0.15) is 45.6 Å². The van der Waals surface area contributed by atoms with Crippen LogP contribution in [0.15, 0.2) is 29.1 Å². The van der Waals surface area contributed by atoms with Crippen LogP contribution in [0, 0.1) is 0 Å². The molecule has 0 spiro atoms. The van der Waals surface area contributed by atoms with E-state index in [1.165, 1.54) is 17.4 Å². The highest BCUT2D eigenvalue weighted by molar-refractivity contribution is 5.89. The predicted octanol–water partition coefficient (Wildman–Crippen LogP) is 2.16. The lowest BCUT2D eigenvalue weighted by atomic mass is 9.98. The van der Waals surface area contributed by atoms with Gasteiger partial charge in [0.25, 0.3) is 0 Å². The van der Waals surface area contributed by atoms with Crippen LogP contribution in [-0.4, -0.2) is 50.7 Å². The van der Waals surface area contributed by atoms with Crippen molar-refractivity contribution >= 4 is 29.5 Å². The Hall–Kier alpha value is -1.83. The minimum atomic E-state index is -0.297. The molecule has 2 aliphatic heterocycles. The molecule has 4 rings (SSSR count). The summed E-state index contributed by atoms with van der Waals surface area (Å²) in [6.07, 6.45) is 4.35. The van der Waals surface area contributed by atoms with E-state index >= 15 is 0 Å². The Kier molecular flexibility index (Phi) is 6.39. The van der Waals surface area contributed by atoms with E-state index in [1.54, 1.807) is 4.57 Å². The fraction of sp³-hybridized carbons (Fsp3) is 0.579. The second kappa shape index (κ2) is 8.04. The Morgan fingerprint density at radius 3 is 2.22 bits per heavy atom. The van der Waals surface area contributed by atoms with Gasteiger partial charge in [0.05, 0.1) is 11.0 Å². The molecule has 3 atom stereocenters. The van der Waals surface area contributed by atoms with Crippen LogP contribution in [0.5, 0.6) is 0 Å². The van der Waals surface area contributed by atoms with Gasteiger partial charge in [-0.1, -0.05) is 12.1 Å². The first-order chi connectivity index (χ1) is 12.0. The van der Waals surface area contributed by atoms with Gasteiger partial charge in [-0.3, -0.25) is 4.57 Å². The number of nitrogens with one attached hydrogen (secondary N) is 1. The Morgan fingerprint density at radius 1 is 1.11 bits per heavy atom.